The van der Waals surface area contributed by atoms with Gasteiger partial charge in [-0.1, -0.05) is 11.6 Å². The van der Waals surface area contributed by atoms with Crippen LogP contribution in [-0.2, 0) is 0 Å². The molecule has 0 saturated carbocycles. The Hall–Kier alpha value is -2.40. The summed E-state index contributed by atoms with van der Waals surface area (Å²) in [6.45, 7) is 4.26. The van der Waals surface area contributed by atoms with Crippen LogP contribution < -0.4 is 19.5 Å². The van der Waals surface area contributed by atoms with Crippen molar-refractivity contribution >= 4 is 23.2 Å². The van der Waals surface area contributed by atoms with E-state index < -0.39 is 0 Å². The highest BCUT2D eigenvalue weighted by atomic mass is 35.5. The van der Waals surface area contributed by atoms with Gasteiger partial charge in [-0.2, -0.15) is 0 Å². The van der Waals surface area contributed by atoms with Crippen molar-refractivity contribution in [3.8, 4) is 17.2 Å². The van der Waals surface area contributed by atoms with Gasteiger partial charge in [-0.15, -0.1) is 0 Å². The van der Waals surface area contributed by atoms with Crippen molar-refractivity contribution in [1.82, 2.24) is 0 Å². The van der Waals surface area contributed by atoms with Crippen molar-refractivity contribution < 1.29 is 19.0 Å². The summed E-state index contributed by atoms with van der Waals surface area (Å²) >= 11 is 6.08. The Labute approximate surface area is 146 Å². The van der Waals surface area contributed by atoms with Gasteiger partial charge in [-0.25, -0.2) is 0 Å². The van der Waals surface area contributed by atoms with E-state index in [4.69, 9.17) is 25.8 Å². The Bertz CT molecular complexity index is 746. The number of carbonyl (C=O) groups excluding carboxylic acids is 1. The van der Waals surface area contributed by atoms with Gasteiger partial charge in [0.25, 0.3) is 5.91 Å². The van der Waals surface area contributed by atoms with Gasteiger partial charge < -0.3 is 19.5 Å². The molecule has 0 aliphatic rings. The molecule has 0 saturated heterocycles. The monoisotopic (exact) mass is 349 g/mol. The minimum Gasteiger partial charge on any atom is -0.495 e. The molecule has 5 nitrogen and oxygen atoms in total. The number of rotatable bonds is 6. The molecule has 0 aliphatic heterocycles. The number of carbonyl (C=O) groups is 1. The lowest BCUT2D eigenvalue weighted by molar-refractivity contribution is 0.102. The molecule has 0 aromatic heterocycles. The molecule has 2 aromatic carbocycles. The van der Waals surface area contributed by atoms with E-state index in [2.05, 4.69) is 5.32 Å². The molecular weight excluding hydrogens is 330 g/mol. The van der Waals surface area contributed by atoms with Crippen LogP contribution in [0, 0.1) is 6.92 Å². The largest absolute Gasteiger partial charge is 0.495 e. The number of halogens is 1. The van der Waals surface area contributed by atoms with E-state index in [1.807, 2.05) is 13.8 Å². The first-order valence-corrected chi connectivity index (χ1v) is 7.84. The fraction of sp³-hybridized carbons (Fsp3) is 0.278. The Morgan fingerprint density at radius 3 is 2.42 bits per heavy atom. The Kier molecular flexibility index (Phi) is 5.93. The maximum Gasteiger partial charge on any atom is 0.255 e. The summed E-state index contributed by atoms with van der Waals surface area (Å²) in [7, 11) is 3.06. The summed E-state index contributed by atoms with van der Waals surface area (Å²) in [4.78, 5) is 12.5. The second-order valence-corrected chi connectivity index (χ2v) is 5.46. The predicted molar refractivity (Wildman–Crippen MR) is 94.9 cm³/mol. The van der Waals surface area contributed by atoms with Crippen LogP contribution in [0.4, 0.5) is 5.69 Å². The average molecular weight is 350 g/mol. The first-order valence-electron chi connectivity index (χ1n) is 7.46. The van der Waals surface area contributed by atoms with E-state index in [-0.39, 0.29) is 5.91 Å². The first-order chi connectivity index (χ1) is 11.5. The van der Waals surface area contributed by atoms with E-state index in [0.29, 0.717) is 40.1 Å². The standard InChI is InChI=1S/C18H20ClNO4/c1-5-24-15-7-6-12(9-17(15)23-4)18(21)20-14-8-11(2)13(19)10-16(14)22-3/h6-10H,5H2,1-4H3,(H,20,21). The van der Waals surface area contributed by atoms with E-state index in [9.17, 15) is 4.79 Å². The molecule has 0 aliphatic carbocycles. The van der Waals surface area contributed by atoms with E-state index in [1.165, 1.54) is 14.2 Å². The number of benzene rings is 2. The molecule has 0 atom stereocenters. The van der Waals surface area contributed by atoms with Gasteiger partial charge >= 0.3 is 0 Å². The topological polar surface area (TPSA) is 56.8 Å². The molecule has 2 aromatic rings. The Morgan fingerprint density at radius 1 is 1.08 bits per heavy atom. The predicted octanol–water partition coefficient (Wildman–Crippen LogP) is 4.32. The lowest BCUT2D eigenvalue weighted by Crippen LogP contribution is -2.13. The van der Waals surface area contributed by atoms with Crippen molar-refractivity contribution in [2.24, 2.45) is 0 Å². The van der Waals surface area contributed by atoms with Crippen LogP contribution in [0.1, 0.15) is 22.8 Å². The summed E-state index contributed by atoms with van der Waals surface area (Å²) in [5.74, 6) is 1.31. The fourth-order valence-corrected chi connectivity index (χ4v) is 2.36. The van der Waals surface area contributed by atoms with Crippen LogP contribution in [-0.4, -0.2) is 26.7 Å². The number of nitrogens with one attached hydrogen (secondary N) is 1. The molecular formula is C18H20ClNO4. The summed E-state index contributed by atoms with van der Waals surface area (Å²) in [6, 6.07) is 8.46. The lowest BCUT2D eigenvalue weighted by atomic mass is 10.1. The molecule has 0 heterocycles. The normalized spacial score (nSPS) is 10.2. The molecule has 0 radical (unpaired) electrons. The molecule has 1 amide bonds. The summed E-state index contributed by atoms with van der Waals surface area (Å²) in [5, 5.41) is 3.41. The third-order valence-electron chi connectivity index (χ3n) is 3.45. The third kappa shape index (κ3) is 3.92. The van der Waals surface area contributed by atoms with Gasteiger partial charge in [-0.05, 0) is 43.7 Å². The first kappa shape index (κ1) is 17.9. The van der Waals surface area contributed by atoms with Gasteiger partial charge in [0.1, 0.15) is 5.75 Å². The fourth-order valence-electron chi connectivity index (χ4n) is 2.21. The minimum atomic E-state index is -0.281. The zero-order chi connectivity index (χ0) is 17.7. The second kappa shape index (κ2) is 7.93. The van der Waals surface area contributed by atoms with Crippen LogP contribution in [0.5, 0.6) is 17.2 Å². The number of aryl methyl sites for hydroxylation is 1. The zero-order valence-electron chi connectivity index (χ0n) is 14.1. The van der Waals surface area contributed by atoms with Crippen LogP contribution in [0.25, 0.3) is 0 Å². The third-order valence-corrected chi connectivity index (χ3v) is 3.86. The maximum absolute atomic E-state index is 12.5. The van der Waals surface area contributed by atoms with Crippen LogP contribution in [0.15, 0.2) is 30.3 Å². The number of hydrogen-bond donors (Lipinski definition) is 1. The number of ether oxygens (including phenoxy) is 3. The van der Waals surface area contributed by atoms with Gasteiger partial charge in [0.05, 0.1) is 26.5 Å². The van der Waals surface area contributed by atoms with E-state index >= 15 is 0 Å². The molecule has 128 valence electrons. The SMILES string of the molecule is CCOc1ccc(C(=O)Nc2cc(C)c(Cl)cc2OC)cc1OC. The lowest BCUT2D eigenvalue weighted by Gasteiger charge is -2.14. The quantitative estimate of drug-likeness (QED) is 0.844. The van der Waals surface area contributed by atoms with Crippen LogP contribution >= 0.6 is 11.6 Å². The number of hydrogen-bond acceptors (Lipinski definition) is 4. The van der Waals surface area contributed by atoms with Crippen molar-refractivity contribution in [3.05, 3.63) is 46.5 Å². The van der Waals surface area contributed by atoms with Gasteiger partial charge in [0.15, 0.2) is 11.5 Å². The maximum atomic E-state index is 12.5. The van der Waals surface area contributed by atoms with Crippen LogP contribution in [0.3, 0.4) is 0 Å². The molecule has 0 unspecified atom stereocenters. The Balaban J connectivity index is 2.28. The molecule has 0 spiro atoms. The molecule has 0 fully saturated rings. The second-order valence-electron chi connectivity index (χ2n) is 5.05. The average Bonchev–Trinajstić information content (AvgIpc) is 2.58. The highest BCUT2D eigenvalue weighted by Gasteiger charge is 2.14. The summed E-state index contributed by atoms with van der Waals surface area (Å²) < 4.78 is 16.0. The molecule has 1 N–H and O–H groups in total. The van der Waals surface area contributed by atoms with E-state index in [0.717, 1.165) is 5.56 Å². The minimum absolute atomic E-state index is 0.281. The summed E-state index contributed by atoms with van der Waals surface area (Å²) in [6.07, 6.45) is 0. The number of amides is 1. The molecule has 6 heteroatoms. The zero-order valence-corrected chi connectivity index (χ0v) is 14.9. The molecule has 2 rings (SSSR count). The number of anilines is 1. The van der Waals surface area contributed by atoms with Crippen molar-refractivity contribution in [2.75, 3.05) is 26.1 Å². The smallest absolute Gasteiger partial charge is 0.255 e. The highest BCUT2D eigenvalue weighted by Crippen LogP contribution is 2.32. The van der Waals surface area contributed by atoms with Gasteiger partial charge in [-0.3, -0.25) is 4.79 Å². The van der Waals surface area contributed by atoms with Crippen molar-refractivity contribution in [1.29, 1.82) is 0 Å². The Morgan fingerprint density at radius 2 is 1.79 bits per heavy atom. The molecule has 24 heavy (non-hydrogen) atoms. The van der Waals surface area contributed by atoms with Gasteiger partial charge in [0, 0.05) is 16.7 Å². The van der Waals surface area contributed by atoms with E-state index in [1.54, 1.807) is 30.3 Å². The highest BCUT2D eigenvalue weighted by molar-refractivity contribution is 6.31. The van der Waals surface area contributed by atoms with Crippen molar-refractivity contribution in [2.45, 2.75) is 13.8 Å². The molecule has 0 bridgehead atoms. The summed E-state index contributed by atoms with van der Waals surface area (Å²) in [5.41, 5.74) is 1.85. The van der Waals surface area contributed by atoms with Crippen LogP contribution in [0.2, 0.25) is 5.02 Å². The van der Waals surface area contributed by atoms with Crippen molar-refractivity contribution in [3.63, 3.8) is 0 Å². The number of methoxy groups -OCH3 is 2. The van der Waals surface area contributed by atoms with Gasteiger partial charge in [0.2, 0.25) is 0 Å².